The SMILES string of the molecule is Cc1cccc(NC(=O)COc2ccc([C@H]3c4sc(=O)[nH]c4SC4C5CC(C6C(=O)N(c7ccc(F)cc7)C(=O)C56)C43)cc2)c1. The van der Waals surface area contributed by atoms with E-state index in [1.54, 1.807) is 11.8 Å². The van der Waals surface area contributed by atoms with E-state index in [9.17, 15) is 23.6 Å². The summed E-state index contributed by atoms with van der Waals surface area (Å²) in [5.74, 6) is -1.55. The fourth-order valence-electron chi connectivity index (χ4n) is 8.07. The number of carbonyl (C=O) groups is 3. The monoisotopic (exact) mass is 641 g/mol. The number of thioether (sulfide) groups is 1. The van der Waals surface area contributed by atoms with Gasteiger partial charge in [-0.3, -0.25) is 24.1 Å². The molecule has 2 N–H and O–H groups in total. The van der Waals surface area contributed by atoms with E-state index in [0.29, 0.717) is 17.1 Å². The number of hydrogen-bond donors (Lipinski definition) is 2. The van der Waals surface area contributed by atoms with Gasteiger partial charge in [-0.25, -0.2) is 4.39 Å². The molecule has 0 radical (unpaired) electrons. The molecule has 3 heterocycles. The normalized spacial score (nSPS) is 27.7. The Morgan fingerprint density at radius 3 is 2.47 bits per heavy atom. The molecule has 2 saturated carbocycles. The molecule has 3 fully saturated rings. The molecule has 3 aromatic carbocycles. The minimum absolute atomic E-state index is 0.00882. The van der Waals surface area contributed by atoms with Crippen LogP contribution in [0, 0.1) is 42.3 Å². The number of aromatic nitrogens is 1. The Hall–Kier alpha value is -4.22. The highest BCUT2D eigenvalue weighted by atomic mass is 32.2. The predicted octanol–water partition coefficient (Wildman–Crippen LogP) is 5.58. The van der Waals surface area contributed by atoms with Crippen molar-refractivity contribution in [2.24, 2.45) is 29.6 Å². The van der Waals surface area contributed by atoms with Crippen molar-refractivity contribution in [2.45, 2.75) is 29.5 Å². The zero-order valence-corrected chi connectivity index (χ0v) is 25.7. The number of nitrogens with zero attached hydrogens (tertiary/aromatic N) is 1. The van der Waals surface area contributed by atoms with Crippen molar-refractivity contribution in [3.63, 3.8) is 0 Å². The number of halogens is 1. The lowest BCUT2D eigenvalue weighted by molar-refractivity contribution is -0.123. The van der Waals surface area contributed by atoms with E-state index in [0.717, 1.165) is 27.5 Å². The molecular formula is C34H28FN3O5S2. The summed E-state index contributed by atoms with van der Waals surface area (Å²) in [7, 11) is 0. The van der Waals surface area contributed by atoms with Crippen molar-refractivity contribution in [3.05, 3.63) is 104 Å². The number of rotatable bonds is 6. The van der Waals surface area contributed by atoms with Gasteiger partial charge in [0.15, 0.2) is 6.61 Å². The number of anilines is 2. The number of thiazole rings is 1. The van der Waals surface area contributed by atoms with Crippen LogP contribution in [0.1, 0.15) is 28.3 Å². The Morgan fingerprint density at radius 2 is 1.73 bits per heavy atom. The van der Waals surface area contributed by atoms with E-state index < -0.39 is 17.7 Å². The van der Waals surface area contributed by atoms with Crippen molar-refractivity contribution >= 4 is 52.2 Å². The smallest absolute Gasteiger partial charge is 0.305 e. The largest absolute Gasteiger partial charge is 0.484 e. The number of hydrogen-bond acceptors (Lipinski definition) is 7. The van der Waals surface area contributed by atoms with Crippen LogP contribution in [0.3, 0.4) is 0 Å². The number of imide groups is 1. The lowest BCUT2D eigenvalue weighted by Gasteiger charge is -2.43. The van der Waals surface area contributed by atoms with Gasteiger partial charge >= 0.3 is 4.87 Å². The third-order valence-corrected chi connectivity index (χ3v) is 12.3. The van der Waals surface area contributed by atoms with E-state index >= 15 is 0 Å². The van der Waals surface area contributed by atoms with Crippen LogP contribution in [0.5, 0.6) is 5.75 Å². The summed E-state index contributed by atoms with van der Waals surface area (Å²) in [6, 6.07) is 20.6. The molecule has 7 atom stereocenters. The molecule has 4 aliphatic rings. The van der Waals surface area contributed by atoms with Crippen molar-refractivity contribution in [3.8, 4) is 5.75 Å². The summed E-state index contributed by atoms with van der Waals surface area (Å²) in [5.41, 5.74) is 3.15. The summed E-state index contributed by atoms with van der Waals surface area (Å²) in [6.45, 7) is 1.81. The number of amides is 3. The minimum Gasteiger partial charge on any atom is -0.484 e. The maximum Gasteiger partial charge on any atom is 0.305 e. The number of fused-ring (bicyclic) bond motifs is 9. The van der Waals surface area contributed by atoms with Crippen LogP contribution < -0.4 is 19.8 Å². The van der Waals surface area contributed by atoms with Crippen molar-refractivity contribution in [1.29, 1.82) is 0 Å². The van der Waals surface area contributed by atoms with Gasteiger partial charge in [-0.1, -0.05) is 35.6 Å². The average molecular weight is 642 g/mol. The Morgan fingerprint density at radius 1 is 1.00 bits per heavy atom. The first-order valence-electron chi connectivity index (χ1n) is 14.9. The summed E-state index contributed by atoms with van der Waals surface area (Å²) in [4.78, 5) is 57.7. The van der Waals surface area contributed by atoms with E-state index in [4.69, 9.17) is 4.74 Å². The number of aromatic amines is 1. The maximum absolute atomic E-state index is 13.8. The second-order valence-electron chi connectivity index (χ2n) is 12.2. The quantitative estimate of drug-likeness (QED) is 0.266. The lowest BCUT2D eigenvalue weighted by Crippen LogP contribution is -2.42. The van der Waals surface area contributed by atoms with Gasteiger partial charge in [0.1, 0.15) is 11.6 Å². The zero-order valence-electron chi connectivity index (χ0n) is 24.1. The highest BCUT2D eigenvalue weighted by Gasteiger charge is 2.69. The molecule has 1 saturated heterocycles. The number of aryl methyl sites for hydroxylation is 1. The number of ether oxygens (including phenoxy) is 1. The van der Waals surface area contributed by atoms with Crippen LogP contribution >= 0.6 is 23.1 Å². The summed E-state index contributed by atoms with van der Waals surface area (Å²) >= 11 is 2.83. The maximum atomic E-state index is 13.8. The van der Waals surface area contributed by atoms with E-state index in [-0.39, 0.29) is 58.1 Å². The second-order valence-corrected chi connectivity index (χ2v) is 14.4. The van der Waals surface area contributed by atoms with Gasteiger partial charge in [0, 0.05) is 21.7 Å². The number of benzene rings is 3. The first-order valence-corrected chi connectivity index (χ1v) is 16.6. The van der Waals surface area contributed by atoms with Gasteiger partial charge in [0.05, 0.1) is 22.5 Å². The molecule has 2 aliphatic heterocycles. The average Bonchev–Trinajstić information content (AvgIpc) is 3.76. The molecule has 2 aliphatic carbocycles. The molecule has 2 bridgehead atoms. The fourth-order valence-corrected chi connectivity index (χ4v) is 11.0. The van der Waals surface area contributed by atoms with Crippen molar-refractivity contribution in [1.82, 2.24) is 4.98 Å². The summed E-state index contributed by atoms with van der Waals surface area (Å²) in [6.07, 6.45) is 0.777. The summed E-state index contributed by atoms with van der Waals surface area (Å²) < 4.78 is 19.4. The lowest BCUT2D eigenvalue weighted by atomic mass is 9.68. The van der Waals surface area contributed by atoms with Gasteiger partial charge < -0.3 is 15.0 Å². The first kappa shape index (κ1) is 28.3. The third-order valence-electron chi connectivity index (χ3n) is 9.72. The van der Waals surface area contributed by atoms with Crippen LogP contribution in [-0.2, 0) is 14.4 Å². The van der Waals surface area contributed by atoms with Gasteiger partial charge in [0.2, 0.25) is 11.8 Å². The highest BCUT2D eigenvalue weighted by Crippen LogP contribution is 2.68. The van der Waals surface area contributed by atoms with Crippen LogP contribution in [0.15, 0.2) is 82.6 Å². The summed E-state index contributed by atoms with van der Waals surface area (Å²) in [5, 5.41) is 3.74. The number of nitrogens with one attached hydrogen (secondary N) is 2. The van der Waals surface area contributed by atoms with E-state index in [2.05, 4.69) is 10.3 Å². The zero-order chi connectivity index (χ0) is 31.0. The fraction of sp³-hybridized carbons (Fsp3) is 0.294. The highest BCUT2D eigenvalue weighted by molar-refractivity contribution is 8.00. The molecular weight excluding hydrogens is 614 g/mol. The molecule has 4 aromatic rings. The standard InChI is InChI=1S/C34H28FN3O5S2/c1-16-3-2-4-19(13-16)36-24(39)15-43-21-11-5-17(6-12-21)25-26-22-14-23(29(26)44-31-30(25)45-34(42)37-31)28-27(22)32(40)38(33(28)41)20-9-7-18(35)8-10-20/h2-13,22-23,25-29H,14-15H2,1H3,(H,36,39)(H,37,42)/t22?,23?,25-,26?,27?,28?,29?/m1/s1. The molecule has 1 aromatic heterocycles. The molecule has 228 valence electrons. The molecule has 45 heavy (non-hydrogen) atoms. The van der Waals surface area contributed by atoms with Crippen LogP contribution in [0.4, 0.5) is 15.8 Å². The van der Waals surface area contributed by atoms with Crippen molar-refractivity contribution < 1.29 is 23.5 Å². The molecule has 0 spiro atoms. The number of carbonyl (C=O) groups excluding carboxylic acids is 3. The Bertz CT molecular complexity index is 1910. The Labute approximate surface area is 266 Å². The number of H-pyrrole nitrogens is 1. The van der Waals surface area contributed by atoms with Crippen molar-refractivity contribution in [2.75, 3.05) is 16.8 Å². The van der Waals surface area contributed by atoms with Gasteiger partial charge in [-0.2, -0.15) is 0 Å². The topological polar surface area (TPSA) is 109 Å². The minimum atomic E-state index is -0.441. The van der Waals surface area contributed by atoms with E-state index in [1.165, 1.54) is 40.5 Å². The third kappa shape index (κ3) is 4.63. The first-order chi connectivity index (χ1) is 21.8. The Kier molecular flexibility index (Phi) is 6.72. The molecule has 8 rings (SSSR count). The van der Waals surface area contributed by atoms with Crippen LogP contribution in [-0.4, -0.2) is 34.6 Å². The van der Waals surface area contributed by atoms with Gasteiger partial charge in [-0.05, 0) is 90.8 Å². The van der Waals surface area contributed by atoms with Crippen LogP contribution in [0.25, 0.3) is 0 Å². The van der Waals surface area contributed by atoms with Gasteiger partial charge in [-0.15, -0.1) is 11.8 Å². The molecule has 3 amide bonds. The Balaban J connectivity index is 1.05. The van der Waals surface area contributed by atoms with Crippen LogP contribution in [0.2, 0.25) is 0 Å². The van der Waals surface area contributed by atoms with E-state index in [1.807, 2.05) is 55.5 Å². The second kappa shape index (κ2) is 10.7. The molecule has 6 unspecified atom stereocenters. The van der Waals surface area contributed by atoms with Gasteiger partial charge in [0.25, 0.3) is 5.91 Å². The molecule has 8 nitrogen and oxygen atoms in total. The predicted molar refractivity (Wildman–Crippen MR) is 169 cm³/mol. The molecule has 11 heteroatoms.